The van der Waals surface area contributed by atoms with Crippen molar-refractivity contribution in [2.45, 2.75) is 33.7 Å². The third-order valence-electron chi connectivity index (χ3n) is 5.12. The van der Waals surface area contributed by atoms with Crippen LogP contribution < -0.4 is 10.2 Å². The lowest BCUT2D eigenvalue weighted by Crippen LogP contribution is -2.51. The van der Waals surface area contributed by atoms with Crippen molar-refractivity contribution in [3.63, 3.8) is 0 Å². The fourth-order valence-electron chi connectivity index (χ4n) is 3.64. The summed E-state index contributed by atoms with van der Waals surface area (Å²) in [7, 11) is -7.24. The van der Waals surface area contributed by atoms with Gasteiger partial charge in [0.25, 0.3) is 0 Å². The van der Waals surface area contributed by atoms with Gasteiger partial charge >= 0.3 is 0 Å². The molecule has 0 amide bonds. The minimum absolute atomic E-state index is 0.000712. The molecule has 3 heterocycles. The average Bonchev–Trinajstić information content (AvgIpc) is 3.11. The first-order valence-corrected chi connectivity index (χ1v) is 11.6. The largest absolute Gasteiger partial charge is 0.391 e. The second-order valence-electron chi connectivity index (χ2n) is 7.09. The molecule has 29 heavy (non-hydrogen) atoms. The normalized spacial score (nSPS) is 23.3. The fraction of sp³-hybridized carbons (Fsp3) is 0.533. The quantitative estimate of drug-likeness (QED) is 0.308. The number of thiol groups is 1. The van der Waals surface area contributed by atoms with Gasteiger partial charge in [-0.15, -0.1) is 5.10 Å². The van der Waals surface area contributed by atoms with E-state index >= 15 is 0 Å². The smallest absolute Gasteiger partial charge is 0.185 e. The van der Waals surface area contributed by atoms with E-state index in [9.17, 15) is 27.0 Å². The number of anilines is 1. The Balaban J connectivity index is 1.95. The third-order valence-corrected chi connectivity index (χ3v) is 8.27. The SMILES string of the molecule is O=[SH](=O)c1c(S(=O)(=O)C2CNC2)ccc(N2C[C@H](O)C[C@@H](O)C2)c1-c1nnn[nH]1. The molecule has 2 fully saturated rings. The molecule has 2 saturated heterocycles. The summed E-state index contributed by atoms with van der Waals surface area (Å²) in [5.74, 6) is -0.0208. The number of benzene rings is 1. The third kappa shape index (κ3) is 3.61. The van der Waals surface area contributed by atoms with Crippen LogP contribution in [0.2, 0.25) is 0 Å². The first kappa shape index (κ1) is 20.2. The van der Waals surface area contributed by atoms with Crippen LogP contribution >= 0.6 is 0 Å². The van der Waals surface area contributed by atoms with Gasteiger partial charge in [0.15, 0.2) is 26.4 Å². The van der Waals surface area contributed by atoms with E-state index in [1.807, 2.05) is 0 Å². The van der Waals surface area contributed by atoms with Gasteiger partial charge in [0.2, 0.25) is 0 Å². The predicted molar refractivity (Wildman–Crippen MR) is 101 cm³/mol. The minimum Gasteiger partial charge on any atom is -0.391 e. The van der Waals surface area contributed by atoms with Crippen molar-refractivity contribution in [1.29, 1.82) is 0 Å². The molecule has 0 spiro atoms. The molecule has 0 unspecified atom stereocenters. The van der Waals surface area contributed by atoms with Gasteiger partial charge in [-0.05, 0) is 22.6 Å². The van der Waals surface area contributed by atoms with E-state index in [1.54, 1.807) is 4.90 Å². The molecule has 4 N–H and O–H groups in total. The van der Waals surface area contributed by atoms with Gasteiger partial charge < -0.3 is 20.4 Å². The average molecular weight is 444 g/mol. The van der Waals surface area contributed by atoms with Gasteiger partial charge in [-0.2, -0.15) is 0 Å². The molecule has 14 heteroatoms. The maximum absolute atomic E-state index is 13.0. The number of nitrogens with one attached hydrogen (secondary N) is 2. The summed E-state index contributed by atoms with van der Waals surface area (Å²) in [6, 6.07) is 2.72. The molecule has 2 aliphatic heterocycles. The Labute approximate surface area is 167 Å². The monoisotopic (exact) mass is 444 g/mol. The van der Waals surface area contributed by atoms with E-state index in [-0.39, 0.29) is 48.9 Å². The van der Waals surface area contributed by atoms with Crippen LogP contribution in [0.25, 0.3) is 11.4 Å². The number of hydrogen-bond donors (Lipinski definition) is 5. The molecule has 0 aliphatic carbocycles. The van der Waals surface area contributed by atoms with Crippen molar-refractivity contribution >= 4 is 26.2 Å². The van der Waals surface area contributed by atoms with Crippen molar-refractivity contribution in [3.05, 3.63) is 12.1 Å². The summed E-state index contributed by atoms with van der Waals surface area (Å²) in [6.45, 7) is 0.754. The van der Waals surface area contributed by atoms with Gasteiger partial charge in [0.1, 0.15) is 0 Å². The van der Waals surface area contributed by atoms with Crippen molar-refractivity contribution in [2.75, 3.05) is 31.1 Å². The molecule has 0 radical (unpaired) electrons. The number of H-pyrrole nitrogens is 1. The highest BCUT2D eigenvalue weighted by Gasteiger charge is 2.37. The topological polar surface area (TPSA) is 178 Å². The number of tetrazole rings is 1. The fourth-order valence-corrected chi connectivity index (χ4v) is 6.56. The summed E-state index contributed by atoms with van der Waals surface area (Å²) in [5.41, 5.74) is 0.307. The molecular weight excluding hydrogens is 424 g/mol. The van der Waals surface area contributed by atoms with Crippen molar-refractivity contribution in [1.82, 2.24) is 25.9 Å². The number of aliphatic hydroxyl groups excluding tert-OH is 2. The van der Waals surface area contributed by atoms with Crippen molar-refractivity contribution in [2.24, 2.45) is 0 Å². The first-order chi connectivity index (χ1) is 13.8. The van der Waals surface area contributed by atoms with E-state index in [1.165, 1.54) is 12.1 Å². The molecule has 1 aromatic carbocycles. The number of nitrogens with zero attached hydrogens (tertiary/aromatic N) is 4. The highest BCUT2D eigenvalue weighted by Crippen LogP contribution is 2.39. The molecule has 12 nitrogen and oxygen atoms in total. The Morgan fingerprint density at radius 1 is 1.14 bits per heavy atom. The van der Waals surface area contributed by atoms with Crippen molar-refractivity contribution in [3.8, 4) is 11.4 Å². The molecule has 1 aromatic heterocycles. The van der Waals surface area contributed by atoms with Crippen LogP contribution in [0.1, 0.15) is 6.42 Å². The summed E-state index contributed by atoms with van der Waals surface area (Å²) in [5, 5.41) is 35.4. The predicted octanol–water partition coefficient (Wildman–Crippen LogP) is -2.49. The Morgan fingerprint density at radius 3 is 2.34 bits per heavy atom. The molecule has 2 aliphatic rings. The second kappa shape index (κ2) is 7.60. The Kier molecular flexibility index (Phi) is 5.29. The highest BCUT2D eigenvalue weighted by molar-refractivity contribution is 7.92. The van der Waals surface area contributed by atoms with E-state index in [2.05, 4.69) is 25.9 Å². The van der Waals surface area contributed by atoms with Gasteiger partial charge in [-0.3, -0.25) is 0 Å². The Hall–Kier alpha value is -2.13. The number of aliphatic hydroxyl groups is 2. The maximum Gasteiger partial charge on any atom is 0.185 e. The summed E-state index contributed by atoms with van der Waals surface area (Å²) >= 11 is 0. The molecule has 0 saturated carbocycles. The maximum atomic E-state index is 13.0. The Morgan fingerprint density at radius 2 is 1.83 bits per heavy atom. The number of β-amino-alcohol motifs (C(OH)–C–C–N with tert-alkyl or cyclic N) is 2. The first-order valence-electron chi connectivity index (χ1n) is 8.90. The van der Waals surface area contributed by atoms with Gasteiger partial charge in [0.05, 0.1) is 32.8 Å². The molecule has 2 aromatic rings. The number of aromatic nitrogens is 4. The molecule has 0 bridgehead atoms. The Bertz CT molecular complexity index is 1060. The summed E-state index contributed by atoms with van der Waals surface area (Å²) < 4.78 is 50.4. The summed E-state index contributed by atoms with van der Waals surface area (Å²) in [6.07, 6.45) is -1.46. The van der Waals surface area contributed by atoms with Crippen molar-refractivity contribution < 1.29 is 27.0 Å². The number of sulfone groups is 1. The highest BCUT2D eigenvalue weighted by atomic mass is 32.2. The van der Waals surface area contributed by atoms with Gasteiger partial charge in [-0.1, -0.05) is 0 Å². The van der Waals surface area contributed by atoms with Crippen LogP contribution in [0.3, 0.4) is 0 Å². The minimum atomic E-state index is -3.91. The zero-order valence-corrected chi connectivity index (χ0v) is 16.8. The molecule has 158 valence electrons. The number of aromatic amines is 1. The number of rotatable bonds is 5. The van der Waals surface area contributed by atoms with Crippen LogP contribution in [0, 0.1) is 0 Å². The van der Waals surface area contributed by atoms with Crippen LogP contribution in [-0.4, -0.2) is 91.3 Å². The summed E-state index contributed by atoms with van der Waals surface area (Å²) in [4.78, 5) is 0.881. The standard InChI is InChI=1S/C15H20N6O6S2/c22-8-3-9(23)7-21(6-8)11-1-2-12(29(26,27)10-4-16-5-10)14(28(24)25)13(11)15-17-19-20-18-15/h1-2,8-10,16,22-23,28H,3-7H2,(H,17,18,19,20)/t8-,9-/m1/s1. The lowest BCUT2D eigenvalue weighted by molar-refractivity contribution is 0.0651. The van der Waals surface area contributed by atoms with Gasteiger partial charge in [0, 0.05) is 38.3 Å². The van der Waals surface area contributed by atoms with Gasteiger partial charge in [-0.25, -0.2) is 21.9 Å². The van der Waals surface area contributed by atoms with E-state index in [0.29, 0.717) is 5.69 Å². The van der Waals surface area contributed by atoms with Crippen LogP contribution in [0.5, 0.6) is 0 Å². The molecule has 4 rings (SSSR count). The number of piperidine rings is 1. The number of hydrogen-bond acceptors (Lipinski definition) is 11. The van der Waals surface area contributed by atoms with E-state index in [4.69, 9.17) is 0 Å². The zero-order valence-electron chi connectivity index (χ0n) is 15.1. The lowest BCUT2D eigenvalue weighted by atomic mass is 10.0. The molecule has 2 atom stereocenters. The van der Waals surface area contributed by atoms with Crippen LogP contribution in [0.15, 0.2) is 21.9 Å². The second-order valence-corrected chi connectivity index (χ2v) is 10.2. The van der Waals surface area contributed by atoms with E-state index in [0.717, 1.165) is 0 Å². The lowest BCUT2D eigenvalue weighted by Gasteiger charge is -2.36. The van der Waals surface area contributed by atoms with Crippen LogP contribution in [0.4, 0.5) is 5.69 Å². The van der Waals surface area contributed by atoms with E-state index < -0.39 is 42.9 Å². The zero-order chi connectivity index (χ0) is 20.8. The van der Waals surface area contributed by atoms with Crippen LogP contribution in [-0.2, 0) is 20.5 Å². The molecular formula is C15H20N6O6S2.